The topological polar surface area (TPSA) is 25.8 Å². The van der Waals surface area contributed by atoms with E-state index in [1.54, 1.807) is 23.1 Å². The summed E-state index contributed by atoms with van der Waals surface area (Å²) in [6.07, 6.45) is 3.89. The van der Waals surface area contributed by atoms with Crippen LogP contribution in [0.1, 0.15) is 0 Å². The molecule has 11 heavy (non-hydrogen) atoms. The first-order valence-electron chi connectivity index (χ1n) is 3.13. The molecule has 0 bridgehead atoms. The third-order valence-corrected chi connectivity index (χ3v) is 2.82. The zero-order valence-corrected chi connectivity index (χ0v) is 7.58. The predicted molar refractivity (Wildman–Crippen MR) is 49.2 cm³/mol. The maximum Gasteiger partial charge on any atom is 0.0979 e. The Labute approximate surface area is 72.7 Å². The molecule has 0 unspecified atom stereocenters. The van der Waals surface area contributed by atoms with E-state index < -0.39 is 0 Å². The van der Waals surface area contributed by atoms with Crippen LogP contribution >= 0.6 is 23.1 Å². The van der Waals surface area contributed by atoms with Crippen LogP contribution in [-0.4, -0.2) is 16.2 Å². The number of rotatable bonds is 1. The predicted octanol–water partition coefficient (Wildman–Crippen LogP) is 2.41. The second kappa shape index (κ2) is 2.79. The van der Waals surface area contributed by atoms with Crippen molar-refractivity contribution < 1.29 is 0 Å². The Morgan fingerprint density at radius 3 is 3.18 bits per heavy atom. The maximum absolute atomic E-state index is 4.23. The van der Waals surface area contributed by atoms with E-state index in [9.17, 15) is 0 Å². The molecule has 4 heteroatoms. The van der Waals surface area contributed by atoms with Crippen LogP contribution in [0.25, 0.3) is 10.2 Å². The Morgan fingerprint density at radius 1 is 1.45 bits per heavy atom. The lowest BCUT2D eigenvalue weighted by atomic mass is 10.4. The first kappa shape index (κ1) is 7.06. The molecule has 0 N–H and O–H groups in total. The van der Waals surface area contributed by atoms with Gasteiger partial charge in [0.1, 0.15) is 0 Å². The van der Waals surface area contributed by atoms with Gasteiger partial charge in [0.15, 0.2) is 0 Å². The van der Waals surface area contributed by atoms with Crippen molar-refractivity contribution in [2.75, 3.05) is 6.26 Å². The number of hydrogen-bond donors (Lipinski definition) is 0. The van der Waals surface area contributed by atoms with E-state index in [1.165, 1.54) is 0 Å². The monoisotopic (exact) mass is 182 g/mol. The first-order valence-corrected chi connectivity index (χ1v) is 5.24. The zero-order chi connectivity index (χ0) is 7.68. The molecular weight excluding hydrogens is 176 g/mol. The summed E-state index contributed by atoms with van der Waals surface area (Å²) in [5, 5.41) is 1.03. The van der Waals surface area contributed by atoms with Crippen molar-refractivity contribution >= 4 is 33.3 Å². The van der Waals surface area contributed by atoms with Gasteiger partial charge >= 0.3 is 0 Å². The molecule has 0 saturated heterocycles. The fourth-order valence-corrected chi connectivity index (χ4v) is 1.87. The lowest BCUT2D eigenvalue weighted by Crippen LogP contribution is -1.76. The number of fused-ring (bicyclic) bond motifs is 1. The molecule has 0 aliphatic carbocycles. The number of pyridine rings is 1. The van der Waals surface area contributed by atoms with Gasteiger partial charge in [-0.2, -0.15) is 0 Å². The molecule has 2 nitrogen and oxygen atoms in total. The van der Waals surface area contributed by atoms with Gasteiger partial charge in [0.25, 0.3) is 0 Å². The maximum atomic E-state index is 4.23. The smallest absolute Gasteiger partial charge is 0.0979 e. The highest BCUT2D eigenvalue weighted by molar-refractivity contribution is 7.98. The first-order chi connectivity index (χ1) is 5.40. The van der Waals surface area contributed by atoms with Crippen LogP contribution in [0.5, 0.6) is 0 Å². The highest BCUT2D eigenvalue weighted by Crippen LogP contribution is 2.20. The van der Waals surface area contributed by atoms with E-state index in [0.717, 1.165) is 15.2 Å². The van der Waals surface area contributed by atoms with Crippen molar-refractivity contribution in [1.82, 2.24) is 9.97 Å². The number of aromatic nitrogens is 2. The van der Waals surface area contributed by atoms with Gasteiger partial charge in [-0.1, -0.05) is 0 Å². The standard InChI is InChI=1S/C7H6N2S2/c1-10-7-2-5-6(3-8-7)11-4-9-5/h2-4H,1H3. The van der Waals surface area contributed by atoms with Crippen LogP contribution in [0.2, 0.25) is 0 Å². The van der Waals surface area contributed by atoms with E-state index in [0.29, 0.717) is 0 Å². The van der Waals surface area contributed by atoms with Crippen molar-refractivity contribution in [3.05, 3.63) is 17.8 Å². The third kappa shape index (κ3) is 1.23. The van der Waals surface area contributed by atoms with Gasteiger partial charge in [-0.3, -0.25) is 0 Å². The molecule has 0 atom stereocenters. The van der Waals surface area contributed by atoms with Crippen molar-refractivity contribution in [2.45, 2.75) is 5.03 Å². The van der Waals surface area contributed by atoms with E-state index in [-0.39, 0.29) is 0 Å². The summed E-state index contributed by atoms with van der Waals surface area (Å²) >= 11 is 3.26. The van der Waals surface area contributed by atoms with Gasteiger partial charge in [0, 0.05) is 6.20 Å². The van der Waals surface area contributed by atoms with Gasteiger partial charge in [-0.15, -0.1) is 23.1 Å². The molecule has 2 heterocycles. The molecule has 0 fully saturated rings. The van der Waals surface area contributed by atoms with Crippen LogP contribution in [0.15, 0.2) is 22.8 Å². The minimum Gasteiger partial charge on any atom is -0.248 e. The van der Waals surface area contributed by atoms with Crippen LogP contribution in [0.4, 0.5) is 0 Å². The molecule has 0 spiro atoms. The number of hydrogen-bond acceptors (Lipinski definition) is 4. The van der Waals surface area contributed by atoms with Crippen molar-refractivity contribution in [3.8, 4) is 0 Å². The highest BCUT2D eigenvalue weighted by atomic mass is 32.2. The lowest BCUT2D eigenvalue weighted by molar-refractivity contribution is 1.16. The summed E-state index contributed by atoms with van der Waals surface area (Å²) in [7, 11) is 0. The molecule has 0 amide bonds. The van der Waals surface area contributed by atoms with E-state index in [4.69, 9.17) is 0 Å². The average Bonchev–Trinajstić information content (AvgIpc) is 2.50. The van der Waals surface area contributed by atoms with Crippen molar-refractivity contribution in [1.29, 1.82) is 0 Å². The second-order valence-electron chi connectivity index (χ2n) is 2.05. The fourth-order valence-electron chi connectivity index (χ4n) is 0.857. The summed E-state index contributed by atoms with van der Waals surface area (Å²) in [5.41, 5.74) is 2.89. The largest absolute Gasteiger partial charge is 0.248 e. The minimum absolute atomic E-state index is 1.03. The van der Waals surface area contributed by atoms with Crippen LogP contribution in [0, 0.1) is 0 Å². The Balaban J connectivity index is 2.67. The second-order valence-corrected chi connectivity index (χ2v) is 3.76. The summed E-state index contributed by atoms with van der Waals surface area (Å²) in [6, 6.07) is 2.01. The molecule has 0 saturated carbocycles. The summed E-state index contributed by atoms with van der Waals surface area (Å²) < 4.78 is 1.16. The average molecular weight is 182 g/mol. The Bertz CT molecular complexity index is 369. The van der Waals surface area contributed by atoms with Crippen LogP contribution in [0.3, 0.4) is 0 Å². The summed E-state index contributed by atoms with van der Waals surface area (Å²) in [6.45, 7) is 0. The lowest BCUT2D eigenvalue weighted by Gasteiger charge is -1.92. The molecule has 56 valence electrons. The quantitative estimate of drug-likeness (QED) is 0.633. The Kier molecular flexibility index (Phi) is 1.79. The molecule has 2 rings (SSSR count). The number of thioether (sulfide) groups is 1. The van der Waals surface area contributed by atoms with Gasteiger partial charge in [-0.05, 0) is 12.3 Å². The van der Waals surface area contributed by atoms with Gasteiger partial charge in [0.05, 0.1) is 20.8 Å². The molecule has 2 aromatic heterocycles. The SMILES string of the molecule is CSc1cc2ncsc2cn1. The summed E-state index contributed by atoms with van der Waals surface area (Å²) in [5.74, 6) is 0. The zero-order valence-electron chi connectivity index (χ0n) is 5.94. The van der Waals surface area contributed by atoms with Gasteiger partial charge in [-0.25, -0.2) is 9.97 Å². The third-order valence-electron chi connectivity index (χ3n) is 1.40. The highest BCUT2D eigenvalue weighted by Gasteiger charge is 1.97. The Morgan fingerprint density at radius 2 is 2.36 bits per heavy atom. The van der Waals surface area contributed by atoms with E-state index in [2.05, 4.69) is 9.97 Å². The molecule has 2 aromatic rings. The molecule has 0 aliphatic heterocycles. The number of nitrogens with zero attached hydrogens (tertiary/aromatic N) is 2. The molecular formula is C7H6N2S2. The van der Waals surface area contributed by atoms with Gasteiger partial charge < -0.3 is 0 Å². The minimum atomic E-state index is 1.03. The molecule has 0 radical (unpaired) electrons. The Hall–Kier alpha value is -0.610. The van der Waals surface area contributed by atoms with E-state index >= 15 is 0 Å². The van der Waals surface area contributed by atoms with E-state index in [1.807, 2.05) is 24.0 Å². The van der Waals surface area contributed by atoms with Crippen LogP contribution < -0.4 is 0 Å². The normalized spacial score (nSPS) is 10.6. The van der Waals surface area contributed by atoms with Crippen molar-refractivity contribution in [3.63, 3.8) is 0 Å². The molecule has 0 aromatic carbocycles. The molecule has 0 aliphatic rings. The van der Waals surface area contributed by atoms with Crippen molar-refractivity contribution in [2.24, 2.45) is 0 Å². The fraction of sp³-hybridized carbons (Fsp3) is 0.143. The summed E-state index contributed by atoms with van der Waals surface area (Å²) in [4.78, 5) is 8.42. The number of thiazole rings is 1. The van der Waals surface area contributed by atoms with Gasteiger partial charge in [0.2, 0.25) is 0 Å². The van der Waals surface area contributed by atoms with Crippen LogP contribution in [-0.2, 0) is 0 Å².